The van der Waals surface area contributed by atoms with E-state index in [-0.39, 0.29) is 5.54 Å². The Kier molecular flexibility index (Phi) is 5.22. The van der Waals surface area contributed by atoms with Crippen LogP contribution in [0.2, 0.25) is 0 Å². The lowest BCUT2D eigenvalue weighted by atomic mass is 10.1. The minimum absolute atomic E-state index is 0.225. The molecule has 1 aliphatic rings. The van der Waals surface area contributed by atoms with Crippen LogP contribution in [-0.4, -0.2) is 48.8 Å². The highest BCUT2D eigenvalue weighted by Crippen LogP contribution is 2.15. The molecule has 1 N–H and O–H groups in total. The van der Waals surface area contributed by atoms with Crippen molar-refractivity contribution in [2.75, 3.05) is 26.2 Å². The van der Waals surface area contributed by atoms with Gasteiger partial charge in [-0.15, -0.1) is 0 Å². The Morgan fingerprint density at radius 2 is 2.12 bits per heavy atom. The molecule has 3 nitrogen and oxygen atoms in total. The van der Waals surface area contributed by atoms with Gasteiger partial charge >= 0.3 is 0 Å². The van der Waals surface area contributed by atoms with Gasteiger partial charge < -0.3 is 10.1 Å². The number of hydrogen-bond acceptors (Lipinski definition) is 3. The Labute approximate surface area is 101 Å². The molecule has 1 saturated heterocycles. The fourth-order valence-electron chi connectivity index (χ4n) is 2.23. The van der Waals surface area contributed by atoms with E-state index >= 15 is 0 Å². The van der Waals surface area contributed by atoms with E-state index in [1.165, 1.54) is 6.42 Å². The van der Waals surface area contributed by atoms with Crippen LogP contribution in [0.4, 0.5) is 0 Å². The van der Waals surface area contributed by atoms with Gasteiger partial charge in [0.25, 0.3) is 0 Å². The molecule has 16 heavy (non-hydrogen) atoms. The maximum absolute atomic E-state index is 5.64. The van der Waals surface area contributed by atoms with Gasteiger partial charge in [0.05, 0.1) is 12.7 Å². The lowest BCUT2D eigenvalue weighted by Crippen LogP contribution is -2.48. The number of rotatable bonds is 4. The summed E-state index contributed by atoms with van der Waals surface area (Å²) in [5.74, 6) is 0. The van der Waals surface area contributed by atoms with Gasteiger partial charge in [-0.05, 0) is 47.6 Å². The minimum atomic E-state index is 0.225. The maximum atomic E-state index is 5.64. The fraction of sp³-hybridized carbons (Fsp3) is 1.00. The predicted octanol–water partition coefficient (Wildman–Crippen LogP) is 1.87. The van der Waals surface area contributed by atoms with Gasteiger partial charge in [0.15, 0.2) is 0 Å². The van der Waals surface area contributed by atoms with E-state index in [0.29, 0.717) is 12.1 Å². The maximum Gasteiger partial charge on any atom is 0.0597 e. The Bertz CT molecular complexity index is 204. The molecule has 0 aliphatic carbocycles. The van der Waals surface area contributed by atoms with Gasteiger partial charge in [0, 0.05) is 24.7 Å². The summed E-state index contributed by atoms with van der Waals surface area (Å²) in [6.07, 6.45) is 1.57. The van der Waals surface area contributed by atoms with Crippen LogP contribution in [0.1, 0.15) is 41.0 Å². The van der Waals surface area contributed by atoms with Crippen LogP contribution < -0.4 is 5.32 Å². The Morgan fingerprint density at radius 3 is 2.75 bits per heavy atom. The molecular weight excluding hydrogens is 200 g/mol. The molecule has 3 heteroatoms. The smallest absolute Gasteiger partial charge is 0.0597 e. The molecule has 1 atom stereocenters. The molecule has 0 aromatic rings. The fourth-order valence-corrected chi connectivity index (χ4v) is 2.23. The van der Waals surface area contributed by atoms with Crippen molar-refractivity contribution in [2.45, 2.75) is 58.7 Å². The van der Waals surface area contributed by atoms with Gasteiger partial charge in [-0.25, -0.2) is 0 Å². The molecule has 1 fully saturated rings. The topological polar surface area (TPSA) is 24.5 Å². The van der Waals surface area contributed by atoms with Crippen molar-refractivity contribution >= 4 is 0 Å². The molecule has 0 spiro atoms. The van der Waals surface area contributed by atoms with E-state index in [1.54, 1.807) is 0 Å². The Balaban J connectivity index is 2.41. The first-order chi connectivity index (χ1) is 7.41. The normalized spacial score (nSPS) is 27.0. The summed E-state index contributed by atoms with van der Waals surface area (Å²) in [7, 11) is 0. The van der Waals surface area contributed by atoms with E-state index in [0.717, 1.165) is 26.2 Å². The molecule has 1 heterocycles. The van der Waals surface area contributed by atoms with Crippen molar-refractivity contribution in [3.63, 3.8) is 0 Å². The highest BCUT2D eigenvalue weighted by Gasteiger charge is 2.27. The van der Waals surface area contributed by atoms with Crippen LogP contribution >= 0.6 is 0 Å². The Hall–Kier alpha value is -0.120. The molecule has 1 unspecified atom stereocenters. The van der Waals surface area contributed by atoms with Crippen LogP contribution in [0.5, 0.6) is 0 Å². The first kappa shape index (κ1) is 13.9. The number of nitrogens with zero attached hydrogens (tertiary/aromatic N) is 1. The summed E-state index contributed by atoms with van der Waals surface area (Å²) in [4.78, 5) is 2.54. The zero-order valence-corrected chi connectivity index (χ0v) is 11.5. The molecule has 0 saturated carbocycles. The number of ether oxygens (including phenoxy) is 1. The van der Waals surface area contributed by atoms with Crippen molar-refractivity contribution in [3.05, 3.63) is 0 Å². The van der Waals surface area contributed by atoms with Gasteiger partial charge in [0.1, 0.15) is 0 Å². The van der Waals surface area contributed by atoms with Crippen molar-refractivity contribution in [1.82, 2.24) is 10.2 Å². The van der Waals surface area contributed by atoms with Gasteiger partial charge in [0.2, 0.25) is 0 Å². The van der Waals surface area contributed by atoms with Crippen molar-refractivity contribution < 1.29 is 4.74 Å². The monoisotopic (exact) mass is 228 g/mol. The quantitative estimate of drug-likeness (QED) is 0.795. The summed E-state index contributed by atoms with van der Waals surface area (Å²) in [6, 6.07) is 0.657. The Morgan fingerprint density at radius 1 is 1.44 bits per heavy atom. The van der Waals surface area contributed by atoms with Gasteiger partial charge in [-0.3, -0.25) is 4.90 Å². The average molecular weight is 228 g/mol. The summed E-state index contributed by atoms with van der Waals surface area (Å²) in [6.45, 7) is 15.2. The number of hydrogen-bond donors (Lipinski definition) is 1. The van der Waals surface area contributed by atoms with E-state index in [4.69, 9.17) is 4.74 Å². The molecule has 0 aromatic heterocycles. The molecule has 1 aliphatic heterocycles. The SMILES string of the molecule is CC(C)OCCN1CC(C)(C)NCCC1C. The molecular formula is C13H28N2O. The second-order valence-corrected chi connectivity index (χ2v) is 5.84. The third kappa shape index (κ3) is 4.81. The third-order valence-electron chi connectivity index (χ3n) is 3.22. The second-order valence-electron chi connectivity index (χ2n) is 5.84. The van der Waals surface area contributed by atoms with Crippen LogP contribution in [0.25, 0.3) is 0 Å². The van der Waals surface area contributed by atoms with Crippen LogP contribution in [0, 0.1) is 0 Å². The lowest BCUT2D eigenvalue weighted by Gasteiger charge is -2.33. The van der Waals surface area contributed by atoms with E-state index in [2.05, 4.69) is 44.8 Å². The summed E-state index contributed by atoms with van der Waals surface area (Å²) >= 11 is 0. The standard InChI is InChI=1S/C13H28N2O/c1-11(2)16-9-8-15-10-13(4,5)14-7-6-12(15)3/h11-12,14H,6-10H2,1-5H3. The zero-order chi connectivity index (χ0) is 12.2. The summed E-state index contributed by atoms with van der Waals surface area (Å²) in [5, 5.41) is 3.60. The van der Waals surface area contributed by atoms with Crippen LogP contribution in [-0.2, 0) is 4.74 Å². The molecule has 0 aromatic carbocycles. The van der Waals surface area contributed by atoms with E-state index in [1.807, 2.05) is 0 Å². The predicted molar refractivity (Wildman–Crippen MR) is 68.8 cm³/mol. The second kappa shape index (κ2) is 5.99. The third-order valence-corrected chi connectivity index (χ3v) is 3.22. The van der Waals surface area contributed by atoms with E-state index in [9.17, 15) is 0 Å². The first-order valence-electron chi connectivity index (χ1n) is 6.51. The largest absolute Gasteiger partial charge is 0.377 e. The molecule has 0 amide bonds. The molecule has 96 valence electrons. The highest BCUT2D eigenvalue weighted by molar-refractivity contribution is 4.87. The van der Waals surface area contributed by atoms with Crippen LogP contribution in [0.3, 0.4) is 0 Å². The zero-order valence-electron chi connectivity index (χ0n) is 11.5. The highest BCUT2D eigenvalue weighted by atomic mass is 16.5. The lowest BCUT2D eigenvalue weighted by molar-refractivity contribution is 0.0472. The number of nitrogens with one attached hydrogen (secondary N) is 1. The average Bonchev–Trinajstić information content (AvgIpc) is 2.25. The molecule has 0 radical (unpaired) electrons. The van der Waals surface area contributed by atoms with Crippen LogP contribution in [0.15, 0.2) is 0 Å². The minimum Gasteiger partial charge on any atom is -0.377 e. The van der Waals surface area contributed by atoms with Crippen molar-refractivity contribution in [3.8, 4) is 0 Å². The summed E-state index contributed by atoms with van der Waals surface area (Å²) < 4.78 is 5.64. The summed E-state index contributed by atoms with van der Waals surface area (Å²) in [5.41, 5.74) is 0.225. The van der Waals surface area contributed by atoms with Crippen molar-refractivity contribution in [1.29, 1.82) is 0 Å². The van der Waals surface area contributed by atoms with Gasteiger partial charge in [-0.2, -0.15) is 0 Å². The van der Waals surface area contributed by atoms with Gasteiger partial charge in [-0.1, -0.05) is 0 Å². The molecule has 0 bridgehead atoms. The van der Waals surface area contributed by atoms with Crippen molar-refractivity contribution in [2.24, 2.45) is 0 Å². The first-order valence-corrected chi connectivity index (χ1v) is 6.51. The molecule has 1 rings (SSSR count). The van der Waals surface area contributed by atoms with E-state index < -0.39 is 0 Å².